The van der Waals surface area contributed by atoms with E-state index in [2.05, 4.69) is 5.32 Å². The first-order chi connectivity index (χ1) is 25.7. The summed E-state index contributed by atoms with van der Waals surface area (Å²) in [6, 6.07) is 16.7. The van der Waals surface area contributed by atoms with Gasteiger partial charge >= 0.3 is 6.03 Å². The number of piperazine rings is 1. The number of rotatable bonds is 9. The van der Waals surface area contributed by atoms with E-state index < -0.39 is 22.1 Å². The highest BCUT2D eigenvalue weighted by atomic mass is 35.5. The molecule has 6 rings (SSSR count). The Hall–Kier alpha value is -3.68. The van der Waals surface area contributed by atoms with Gasteiger partial charge in [-0.1, -0.05) is 53.9 Å². The van der Waals surface area contributed by atoms with E-state index in [0.717, 1.165) is 30.4 Å². The van der Waals surface area contributed by atoms with Crippen LogP contribution < -0.4 is 10.1 Å². The molecule has 290 valence electrons. The predicted octanol–water partition coefficient (Wildman–Crippen LogP) is 7.07. The van der Waals surface area contributed by atoms with Gasteiger partial charge in [0.2, 0.25) is 15.9 Å². The van der Waals surface area contributed by atoms with Gasteiger partial charge in [0.15, 0.2) is 0 Å². The maximum absolute atomic E-state index is 15.1. The standard InChI is InChI=1S/C40H50Cl2N6O5S/c1-6-53-33-24-27(2)34(54(51,52)47-18-8-7-9-19-47)25-32(33)38-43-36(28-10-14-30(41)15-11-28)37(29-12-16-31(42)17-13-29)48(38)39(50)46-22-20-45(21-23-46)26-35(49)44-40(3,4)5/h10-17,24-25,36-37H,6-9,18-23,26H2,1-5H3,(H,44,49)/t36-,37+/m0/s1. The number of amidine groups is 1. The van der Waals surface area contributed by atoms with Gasteiger partial charge < -0.3 is 15.0 Å². The molecular weight excluding hydrogens is 747 g/mol. The van der Waals surface area contributed by atoms with Gasteiger partial charge in [-0.15, -0.1) is 0 Å². The number of amides is 3. The molecule has 3 aliphatic rings. The zero-order valence-corrected chi connectivity index (χ0v) is 34.0. The number of aryl methyl sites for hydroxylation is 1. The second kappa shape index (κ2) is 16.6. The summed E-state index contributed by atoms with van der Waals surface area (Å²) in [5.74, 6) is 0.679. The normalized spacial score (nSPS) is 20.2. The summed E-state index contributed by atoms with van der Waals surface area (Å²) in [6.45, 7) is 12.7. The lowest BCUT2D eigenvalue weighted by molar-refractivity contribution is -0.124. The molecule has 0 aliphatic carbocycles. The van der Waals surface area contributed by atoms with Crippen LogP contribution in [0.1, 0.15) is 81.3 Å². The lowest BCUT2D eigenvalue weighted by atomic mass is 9.93. The average Bonchev–Trinajstić information content (AvgIpc) is 3.52. The molecule has 3 aliphatic heterocycles. The van der Waals surface area contributed by atoms with E-state index in [1.807, 2.05) is 56.9 Å². The van der Waals surface area contributed by atoms with Crippen molar-refractivity contribution in [3.63, 3.8) is 0 Å². The second-order valence-electron chi connectivity index (χ2n) is 15.2. The van der Waals surface area contributed by atoms with Crippen molar-refractivity contribution in [2.24, 2.45) is 4.99 Å². The highest BCUT2D eigenvalue weighted by Crippen LogP contribution is 2.46. The van der Waals surface area contributed by atoms with E-state index in [1.54, 1.807) is 57.4 Å². The fraction of sp³-hybridized carbons (Fsp3) is 0.475. The summed E-state index contributed by atoms with van der Waals surface area (Å²) in [5.41, 5.74) is 2.25. The molecule has 1 N–H and O–H groups in total. The minimum absolute atomic E-state index is 0.0667. The van der Waals surface area contributed by atoms with Crippen molar-refractivity contribution in [2.75, 3.05) is 52.4 Å². The van der Waals surface area contributed by atoms with Gasteiger partial charge in [-0.2, -0.15) is 4.31 Å². The third kappa shape index (κ3) is 8.89. The lowest BCUT2D eigenvalue weighted by Gasteiger charge is -2.39. The van der Waals surface area contributed by atoms with Crippen molar-refractivity contribution in [3.05, 3.63) is 93.0 Å². The zero-order valence-electron chi connectivity index (χ0n) is 31.6. The molecule has 0 radical (unpaired) electrons. The molecule has 2 saturated heterocycles. The van der Waals surface area contributed by atoms with E-state index in [4.69, 9.17) is 32.9 Å². The molecule has 3 aromatic carbocycles. The Balaban J connectivity index is 1.45. The molecule has 0 saturated carbocycles. The lowest BCUT2D eigenvalue weighted by Crippen LogP contribution is -2.56. The molecule has 3 aromatic rings. The number of hydrogen-bond donors (Lipinski definition) is 1. The molecule has 54 heavy (non-hydrogen) atoms. The van der Waals surface area contributed by atoms with E-state index in [9.17, 15) is 13.2 Å². The number of carbonyl (C=O) groups is 2. The van der Waals surface area contributed by atoms with Gasteiger partial charge in [0.05, 0.1) is 29.7 Å². The molecule has 3 heterocycles. The number of halogens is 2. The minimum Gasteiger partial charge on any atom is -0.493 e. The fourth-order valence-electron chi connectivity index (χ4n) is 7.40. The largest absolute Gasteiger partial charge is 0.493 e. The quantitative estimate of drug-likeness (QED) is 0.248. The SMILES string of the molecule is CCOc1cc(C)c(S(=O)(=O)N2CCCCC2)cc1C1=N[C@@H](c2ccc(Cl)cc2)[C@@H](c2ccc(Cl)cc2)N1C(=O)N1CCN(CC(=O)NC(C)(C)C)CC1. The Morgan fingerprint density at radius 2 is 1.46 bits per heavy atom. The summed E-state index contributed by atoms with van der Waals surface area (Å²) in [7, 11) is -3.86. The molecule has 0 aromatic heterocycles. The maximum atomic E-state index is 15.1. The van der Waals surface area contributed by atoms with Crippen LogP contribution in [0.3, 0.4) is 0 Å². The zero-order chi connectivity index (χ0) is 38.8. The van der Waals surface area contributed by atoms with Crippen LogP contribution in [-0.4, -0.2) is 103 Å². The molecule has 11 nitrogen and oxygen atoms in total. The van der Waals surface area contributed by atoms with E-state index in [1.165, 1.54) is 0 Å². The van der Waals surface area contributed by atoms with Crippen LogP contribution >= 0.6 is 23.2 Å². The highest BCUT2D eigenvalue weighted by molar-refractivity contribution is 7.89. The van der Waals surface area contributed by atoms with Crippen LogP contribution in [0.2, 0.25) is 10.0 Å². The highest BCUT2D eigenvalue weighted by Gasteiger charge is 2.45. The maximum Gasteiger partial charge on any atom is 0.326 e. The molecule has 14 heteroatoms. The monoisotopic (exact) mass is 796 g/mol. The number of sulfonamides is 1. The van der Waals surface area contributed by atoms with Gasteiger partial charge in [0.25, 0.3) is 0 Å². The van der Waals surface area contributed by atoms with Gasteiger partial charge in [0.1, 0.15) is 17.6 Å². The number of hydrogen-bond acceptors (Lipinski definition) is 7. The van der Waals surface area contributed by atoms with E-state index in [-0.39, 0.29) is 28.9 Å². The first-order valence-corrected chi connectivity index (χ1v) is 20.8. The van der Waals surface area contributed by atoms with Gasteiger partial charge in [-0.3, -0.25) is 19.6 Å². The number of nitrogens with one attached hydrogen (secondary N) is 1. The topological polar surface area (TPSA) is 115 Å². The second-order valence-corrected chi connectivity index (χ2v) is 18.0. The summed E-state index contributed by atoms with van der Waals surface area (Å²) in [5, 5.41) is 4.13. The van der Waals surface area contributed by atoms with Crippen LogP contribution in [0.15, 0.2) is 70.6 Å². The van der Waals surface area contributed by atoms with Crippen molar-refractivity contribution >= 4 is 51.0 Å². The molecule has 2 fully saturated rings. The first-order valence-electron chi connectivity index (χ1n) is 18.6. The van der Waals surface area contributed by atoms with E-state index >= 15 is 4.79 Å². The van der Waals surface area contributed by atoms with Crippen molar-refractivity contribution in [1.82, 2.24) is 24.3 Å². The Morgan fingerprint density at radius 3 is 2.04 bits per heavy atom. The van der Waals surface area contributed by atoms with Crippen LogP contribution in [-0.2, 0) is 14.8 Å². The Kier molecular flexibility index (Phi) is 12.3. The predicted molar refractivity (Wildman–Crippen MR) is 213 cm³/mol. The molecule has 0 bridgehead atoms. The van der Waals surface area contributed by atoms with Crippen LogP contribution in [0.4, 0.5) is 4.79 Å². The number of piperidine rings is 1. The smallest absolute Gasteiger partial charge is 0.326 e. The van der Waals surface area contributed by atoms with Gasteiger partial charge in [0, 0.05) is 54.9 Å². The molecule has 2 atom stereocenters. The summed E-state index contributed by atoms with van der Waals surface area (Å²) in [4.78, 5) is 38.8. The minimum atomic E-state index is -3.86. The molecular formula is C40H50Cl2N6O5S. The number of urea groups is 1. The Labute approximate surface area is 329 Å². The van der Waals surface area contributed by atoms with Gasteiger partial charge in [-0.05, 0) is 101 Å². The number of carbonyl (C=O) groups excluding carboxylic acids is 2. The number of nitrogens with zero attached hydrogens (tertiary/aromatic N) is 5. The van der Waals surface area contributed by atoms with Crippen molar-refractivity contribution in [1.29, 1.82) is 0 Å². The van der Waals surface area contributed by atoms with Crippen LogP contribution in [0.5, 0.6) is 5.75 Å². The van der Waals surface area contributed by atoms with Crippen molar-refractivity contribution in [2.45, 2.75) is 76.4 Å². The average molecular weight is 798 g/mol. The van der Waals surface area contributed by atoms with Crippen molar-refractivity contribution < 1.29 is 22.7 Å². The summed E-state index contributed by atoms with van der Waals surface area (Å²) >= 11 is 12.7. The Bertz CT molecular complexity index is 1970. The number of aliphatic imine (C=N–C) groups is 1. The third-order valence-electron chi connectivity index (χ3n) is 9.97. The summed E-state index contributed by atoms with van der Waals surface area (Å²) in [6.07, 6.45) is 2.60. The van der Waals surface area contributed by atoms with Crippen LogP contribution in [0, 0.1) is 6.92 Å². The fourth-order valence-corrected chi connectivity index (χ4v) is 9.40. The molecule has 0 unspecified atom stereocenters. The van der Waals surface area contributed by atoms with E-state index in [0.29, 0.717) is 78.6 Å². The first kappa shape index (κ1) is 40.0. The molecule has 0 spiro atoms. The molecule has 3 amide bonds. The summed E-state index contributed by atoms with van der Waals surface area (Å²) < 4.78 is 36.2. The number of benzene rings is 3. The third-order valence-corrected chi connectivity index (χ3v) is 12.5. The van der Waals surface area contributed by atoms with Crippen molar-refractivity contribution in [3.8, 4) is 5.75 Å². The van der Waals surface area contributed by atoms with Crippen LogP contribution in [0.25, 0.3) is 0 Å². The number of ether oxygens (including phenoxy) is 1. The Morgan fingerprint density at radius 1 is 0.870 bits per heavy atom. The van der Waals surface area contributed by atoms with Gasteiger partial charge in [-0.25, -0.2) is 13.2 Å².